The van der Waals surface area contributed by atoms with Gasteiger partial charge in [-0.15, -0.1) is 0 Å². The first-order chi connectivity index (χ1) is 9.31. The second kappa shape index (κ2) is 3.86. The summed E-state index contributed by atoms with van der Waals surface area (Å²) in [5.41, 5.74) is 0.587. The molecular formula is C14H10O5. The van der Waals surface area contributed by atoms with Crippen molar-refractivity contribution in [3.8, 4) is 5.75 Å². The van der Waals surface area contributed by atoms with Crippen molar-refractivity contribution in [1.29, 1.82) is 0 Å². The summed E-state index contributed by atoms with van der Waals surface area (Å²) in [6.45, 7) is 1.13. The number of hydrogen-bond donors (Lipinski definition) is 0. The molecule has 0 spiro atoms. The summed E-state index contributed by atoms with van der Waals surface area (Å²) in [6, 6.07) is 6.86. The summed E-state index contributed by atoms with van der Waals surface area (Å²) in [5.74, 6) is 0.464. The lowest BCUT2D eigenvalue weighted by Gasteiger charge is -2.07. The molecule has 0 bridgehead atoms. The molecule has 5 nitrogen and oxygen atoms in total. The molecule has 4 rings (SSSR count). The summed E-state index contributed by atoms with van der Waals surface area (Å²) < 4.78 is 21.5. The molecule has 1 unspecified atom stereocenters. The van der Waals surface area contributed by atoms with Crippen molar-refractivity contribution in [1.82, 2.24) is 0 Å². The van der Waals surface area contributed by atoms with Gasteiger partial charge in [-0.1, -0.05) is 0 Å². The zero-order valence-electron chi connectivity index (χ0n) is 9.92. The van der Waals surface area contributed by atoms with Crippen molar-refractivity contribution in [2.24, 2.45) is 0 Å². The highest BCUT2D eigenvalue weighted by Crippen LogP contribution is 2.35. The Balaban J connectivity index is 1.97. The Labute approximate surface area is 107 Å². The van der Waals surface area contributed by atoms with Crippen LogP contribution in [0.1, 0.15) is 0 Å². The predicted octanol–water partition coefficient (Wildman–Crippen LogP) is 2.32. The molecule has 1 aliphatic heterocycles. The second-order valence-electron chi connectivity index (χ2n) is 4.48. The molecule has 0 amide bonds. The van der Waals surface area contributed by atoms with Crippen LogP contribution in [0.5, 0.6) is 5.75 Å². The molecule has 3 heterocycles. The maximum Gasteiger partial charge on any atom is 0.336 e. The van der Waals surface area contributed by atoms with Crippen molar-refractivity contribution < 1.29 is 18.3 Å². The third-order valence-electron chi connectivity index (χ3n) is 3.10. The monoisotopic (exact) mass is 258 g/mol. The van der Waals surface area contributed by atoms with E-state index in [0.29, 0.717) is 30.1 Å². The zero-order valence-corrected chi connectivity index (χ0v) is 9.92. The van der Waals surface area contributed by atoms with Crippen LogP contribution in [-0.2, 0) is 4.74 Å². The summed E-state index contributed by atoms with van der Waals surface area (Å²) in [6.07, 6.45) is 1.71. The van der Waals surface area contributed by atoms with Crippen molar-refractivity contribution >= 4 is 21.9 Å². The third-order valence-corrected chi connectivity index (χ3v) is 3.10. The van der Waals surface area contributed by atoms with Gasteiger partial charge in [0.25, 0.3) is 0 Å². The first-order valence-corrected chi connectivity index (χ1v) is 6.00. The Kier molecular flexibility index (Phi) is 2.16. The van der Waals surface area contributed by atoms with Crippen LogP contribution in [0, 0.1) is 0 Å². The van der Waals surface area contributed by atoms with Gasteiger partial charge in [-0.2, -0.15) is 0 Å². The summed E-state index contributed by atoms with van der Waals surface area (Å²) in [7, 11) is 0. The lowest BCUT2D eigenvalue weighted by atomic mass is 10.1. The van der Waals surface area contributed by atoms with E-state index in [4.69, 9.17) is 18.3 Å². The van der Waals surface area contributed by atoms with Gasteiger partial charge in [0.15, 0.2) is 11.2 Å². The molecule has 1 fully saturated rings. The molecule has 0 aliphatic carbocycles. The lowest BCUT2D eigenvalue weighted by molar-refractivity contribution is 0.262. The minimum Gasteiger partial charge on any atom is -0.483 e. The summed E-state index contributed by atoms with van der Waals surface area (Å²) in [4.78, 5) is 11.4. The molecule has 1 atom stereocenters. The lowest BCUT2D eigenvalue weighted by Crippen LogP contribution is -2.05. The normalized spacial score (nSPS) is 18.0. The molecule has 19 heavy (non-hydrogen) atoms. The van der Waals surface area contributed by atoms with E-state index in [9.17, 15) is 4.79 Å². The van der Waals surface area contributed by atoms with Crippen LogP contribution in [0.4, 0.5) is 0 Å². The standard InChI is InChI=1S/C14H10O5/c15-11-2-1-8-5-9-3-4-16-12(9)14(13(8)19-11)18-7-10-6-17-10/h1-5,10H,6-7H2. The molecule has 0 N–H and O–H groups in total. The Morgan fingerprint density at radius 2 is 2.05 bits per heavy atom. The van der Waals surface area contributed by atoms with Crippen molar-refractivity contribution in [3.63, 3.8) is 0 Å². The highest BCUT2D eigenvalue weighted by Gasteiger charge is 2.25. The smallest absolute Gasteiger partial charge is 0.336 e. The number of furan rings is 1. The van der Waals surface area contributed by atoms with Crippen LogP contribution in [0.25, 0.3) is 21.9 Å². The van der Waals surface area contributed by atoms with E-state index >= 15 is 0 Å². The third kappa shape index (κ3) is 1.79. The highest BCUT2D eigenvalue weighted by atomic mass is 16.6. The van der Waals surface area contributed by atoms with Crippen LogP contribution in [-0.4, -0.2) is 19.3 Å². The summed E-state index contributed by atoms with van der Waals surface area (Å²) >= 11 is 0. The first-order valence-electron chi connectivity index (χ1n) is 6.00. The maximum absolute atomic E-state index is 11.4. The van der Waals surface area contributed by atoms with Gasteiger partial charge < -0.3 is 18.3 Å². The number of fused-ring (bicyclic) bond motifs is 2. The van der Waals surface area contributed by atoms with E-state index in [0.717, 1.165) is 10.8 Å². The van der Waals surface area contributed by atoms with Gasteiger partial charge in [-0.05, 0) is 18.2 Å². The number of rotatable bonds is 3. The fourth-order valence-corrected chi connectivity index (χ4v) is 2.08. The van der Waals surface area contributed by atoms with Crippen LogP contribution in [0.3, 0.4) is 0 Å². The van der Waals surface area contributed by atoms with Crippen molar-refractivity contribution in [2.45, 2.75) is 6.10 Å². The topological polar surface area (TPSA) is 65.1 Å². The Hall–Kier alpha value is -2.27. The quantitative estimate of drug-likeness (QED) is 0.532. The number of ether oxygens (including phenoxy) is 2. The molecule has 1 aromatic carbocycles. The number of hydrogen-bond acceptors (Lipinski definition) is 5. The van der Waals surface area contributed by atoms with Crippen LogP contribution < -0.4 is 10.4 Å². The molecule has 3 aromatic rings. The highest BCUT2D eigenvalue weighted by molar-refractivity contribution is 5.99. The van der Waals surface area contributed by atoms with Crippen LogP contribution in [0.15, 0.2) is 44.2 Å². The maximum atomic E-state index is 11.4. The average Bonchev–Trinajstić information content (AvgIpc) is 3.12. The van der Waals surface area contributed by atoms with Gasteiger partial charge in [-0.3, -0.25) is 0 Å². The zero-order chi connectivity index (χ0) is 12.8. The summed E-state index contributed by atoms with van der Waals surface area (Å²) in [5, 5.41) is 1.72. The Bertz CT molecular complexity index is 809. The predicted molar refractivity (Wildman–Crippen MR) is 67.5 cm³/mol. The van der Waals surface area contributed by atoms with Gasteiger partial charge in [0.2, 0.25) is 5.75 Å². The fraction of sp³-hybridized carbons (Fsp3) is 0.214. The SMILES string of the molecule is O=c1ccc2cc3ccoc3c(OCC3CO3)c2o1. The van der Waals surface area contributed by atoms with E-state index in [-0.39, 0.29) is 6.10 Å². The van der Waals surface area contributed by atoms with E-state index in [2.05, 4.69) is 0 Å². The van der Waals surface area contributed by atoms with E-state index in [1.54, 1.807) is 12.3 Å². The number of epoxide rings is 1. The van der Waals surface area contributed by atoms with E-state index in [1.165, 1.54) is 6.07 Å². The van der Waals surface area contributed by atoms with Crippen LogP contribution in [0.2, 0.25) is 0 Å². The van der Waals surface area contributed by atoms with Crippen LogP contribution >= 0.6 is 0 Å². The molecule has 0 radical (unpaired) electrons. The van der Waals surface area contributed by atoms with Gasteiger partial charge in [-0.25, -0.2) is 4.79 Å². The molecule has 1 saturated heterocycles. The van der Waals surface area contributed by atoms with E-state index < -0.39 is 5.63 Å². The van der Waals surface area contributed by atoms with Gasteiger partial charge in [0.05, 0.1) is 12.9 Å². The Morgan fingerprint density at radius 3 is 2.89 bits per heavy atom. The van der Waals surface area contributed by atoms with E-state index in [1.807, 2.05) is 12.1 Å². The molecule has 0 saturated carbocycles. The van der Waals surface area contributed by atoms with Crippen molar-refractivity contribution in [3.05, 3.63) is 40.9 Å². The van der Waals surface area contributed by atoms with Gasteiger partial charge >= 0.3 is 5.63 Å². The first kappa shape index (κ1) is 10.6. The Morgan fingerprint density at radius 1 is 1.21 bits per heavy atom. The van der Waals surface area contributed by atoms with Gasteiger partial charge in [0, 0.05) is 16.8 Å². The molecular weight excluding hydrogens is 248 g/mol. The molecule has 2 aromatic heterocycles. The van der Waals surface area contributed by atoms with Gasteiger partial charge in [0.1, 0.15) is 12.7 Å². The largest absolute Gasteiger partial charge is 0.483 e. The second-order valence-corrected chi connectivity index (χ2v) is 4.48. The average molecular weight is 258 g/mol. The fourth-order valence-electron chi connectivity index (χ4n) is 2.08. The van der Waals surface area contributed by atoms with Crippen molar-refractivity contribution in [2.75, 3.05) is 13.2 Å². The molecule has 1 aliphatic rings. The minimum absolute atomic E-state index is 0.121. The molecule has 96 valence electrons. The number of benzene rings is 1. The minimum atomic E-state index is -0.411. The molecule has 5 heteroatoms.